The predicted octanol–water partition coefficient (Wildman–Crippen LogP) is 3.58. The summed E-state index contributed by atoms with van der Waals surface area (Å²) in [5.74, 6) is 0.816. The summed E-state index contributed by atoms with van der Waals surface area (Å²) in [6, 6.07) is 7.66. The summed E-state index contributed by atoms with van der Waals surface area (Å²) < 4.78 is 11.6. The predicted molar refractivity (Wildman–Crippen MR) is 119 cm³/mol. The molecule has 0 bridgehead atoms. The van der Waals surface area contributed by atoms with Gasteiger partial charge >= 0.3 is 0 Å². The van der Waals surface area contributed by atoms with Crippen LogP contribution in [0.15, 0.2) is 45.2 Å². The number of nitrogens with two attached hydrogens (primary N) is 1. The van der Waals surface area contributed by atoms with Crippen LogP contribution in [0.2, 0.25) is 0 Å². The molecule has 1 atom stereocenters. The molecule has 2 heterocycles. The van der Waals surface area contributed by atoms with Gasteiger partial charge in [-0.3, -0.25) is 9.69 Å². The number of aromatic nitrogens is 2. The lowest BCUT2D eigenvalue weighted by Crippen LogP contribution is -2.38. The van der Waals surface area contributed by atoms with Gasteiger partial charge in [0, 0.05) is 17.7 Å². The highest BCUT2D eigenvalue weighted by Gasteiger charge is 2.41. The van der Waals surface area contributed by atoms with E-state index in [4.69, 9.17) is 15.2 Å². The van der Waals surface area contributed by atoms with E-state index >= 15 is 0 Å². The lowest BCUT2D eigenvalue weighted by molar-refractivity contribution is -0.116. The van der Waals surface area contributed by atoms with Gasteiger partial charge in [-0.25, -0.2) is 0 Å². The highest BCUT2D eigenvalue weighted by molar-refractivity contribution is 8.00. The highest BCUT2D eigenvalue weighted by atomic mass is 32.2. The molecular weight excluding hydrogens is 434 g/mol. The fraction of sp³-hybridized carbons (Fsp3) is 0.333. The molecule has 31 heavy (non-hydrogen) atoms. The second-order valence-corrected chi connectivity index (χ2v) is 8.99. The van der Waals surface area contributed by atoms with Crippen LogP contribution in [0.4, 0.5) is 5.13 Å². The number of anilines is 1. The van der Waals surface area contributed by atoms with Gasteiger partial charge in [0.1, 0.15) is 5.82 Å². The van der Waals surface area contributed by atoms with E-state index in [2.05, 4.69) is 16.3 Å². The molecular formula is C21H21N5O3S2. The Morgan fingerprint density at radius 3 is 2.68 bits per heavy atom. The zero-order valence-corrected chi connectivity index (χ0v) is 19.0. The van der Waals surface area contributed by atoms with Gasteiger partial charge < -0.3 is 15.2 Å². The molecule has 8 nitrogen and oxygen atoms in total. The van der Waals surface area contributed by atoms with Crippen molar-refractivity contribution in [1.82, 2.24) is 10.2 Å². The number of ketones is 1. The Morgan fingerprint density at radius 2 is 2.03 bits per heavy atom. The van der Waals surface area contributed by atoms with Crippen LogP contribution < -0.4 is 20.1 Å². The lowest BCUT2D eigenvalue weighted by Gasteiger charge is -2.38. The number of thioether (sulfide) groups is 1. The summed E-state index contributed by atoms with van der Waals surface area (Å²) in [4.78, 5) is 14.9. The number of benzene rings is 1. The van der Waals surface area contributed by atoms with Gasteiger partial charge in [-0.05, 0) is 36.8 Å². The molecule has 2 N–H and O–H groups in total. The van der Waals surface area contributed by atoms with Crippen molar-refractivity contribution in [3.8, 4) is 17.6 Å². The molecule has 0 amide bonds. The molecule has 0 fully saturated rings. The summed E-state index contributed by atoms with van der Waals surface area (Å²) in [5, 5.41) is 19.1. The van der Waals surface area contributed by atoms with E-state index in [0.717, 1.165) is 22.0 Å². The van der Waals surface area contributed by atoms with Crippen LogP contribution in [0.25, 0.3) is 0 Å². The minimum absolute atomic E-state index is 0.0147. The molecule has 160 valence electrons. The van der Waals surface area contributed by atoms with E-state index in [1.807, 2.05) is 12.3 Å². The molecule has 0 saturated heterocycles. The molecule has 0 spiro atoms. The van der Waals surface area contributed by atoms with E-state index in [-0.39, 0.29) is 11.6 Å². The molecule has 1 unspecified atom stereocenters. The van der Waals surface area contributed by atoms with E-state index in [1.54, 1.807) is 31.3 Å². The number of allylic oxidation sites excluding steroid dienone is 3. The van der Waals surface area contributed by atoms with Gasteiger partial charge in [0.25, 0.3) is 0 Å². The van der Waals surface area contributed by atoms with Crippen LogP contribution in [0, 0.1) is 11.3 Å². The number of carbonyl (C=O) groups is 1. The molecule has 4 rings (SSSR count). The van der Waals surface area contributed by atoms with Crippen molar-refractivity contribution < 1.29 is 14.3 Å². The van der Waals surface area contributed by atoms with Crippen molar-refractivity contribution >= 4 is 34.0 Å². The average Bonchev–Trinajstić information content (AvgIpc) is 3.26. The molecule has 1 aromatic carbocycles. The summed E-state index contributed by atoms with van der Waals surface area (Å²) in [7, 11) is 3.11. The van der Waals surface area contributed by atoms with Gasteiger partial charge in [0.2, 0.25) is 5.13 Å². The Bertz CT molecular complexity index is 1150. The maximum atomic E-state index is 13.1. The largest absolute Gasteiger partial charge is 0.493 e. The van der Waals surface area contributed by atoms with E-state index in [9.17, 15) is 10.1 Å². The van der Waals surface area contributed by atoms with E-state index in [1.165, 1.54) is 23.1 Å². The Morgan fingerprint density at radius 1 is 1.26 bits per heavy atom. The van der Waals surface area contributed by atoms with E-state index in [0.29, 0.717) is 40.6 Å². The third kappa shape index (κ3) is 3.54. The van der Waals surface area contributed by atoms with Crippen molar-refractivity contribution in [2.24, 2.45) is 5.73 Å². The summed E-state index contributed by atoms with van der Waals surface area (Å²) in [6.07, 6.45) is 3.73. The number of methoxy groups -OCH3 is 2. The minimum atomic E-state index is -0.572. The zero-order valence-electron chi connectivity index (χ0n) is 17.3. The van der Waals surface area contributed by atoms with Crippen LogP contribution >= 0.6 is 23.1 Å². The number of carbonyl (C=O) groups excluding carboxylic acids is 1. The second-order valence-electron chi connectivity index (χ2n) is 6.99. The van der Waals surface area contributed by atoms with Crippen molar-refractivity contribution in [3.05, 3.63) is 46.4 Å². The molecule has 1 aromatic heterocycles. The molecule has 0 radical (unpaired) electrons. The highest BCUT2D eigenvalue weighted by Crippen LogP contribution is 2.48. The SMILES string of the molecule is COc1ccc(C2C(C#N)=C(N)N(c3nnc(SC)s3)C3=C2C(=O)CCC3)cc1OC. The first-order valence-corrected chi connectivity index (χ1v) is 11.6. The van der Waals surface area contributed by atoms with Crippen LogP contribution in [-0.4, -0.2) is 36.5 Å². The second kappa shape index (κ2) is 8.61. The van der Waals surface area contributed by atoms with Crippen molar-refractivity contribution in [1.29, 1.82) is 5.26 Å². The quantitative estimate of drug-likeness (QED) is 0.676. The van der Waals surface area contributed by atoms with Gasteiger partial charge in [-0.15, -0.1) is 10.2 Å². The third-order valence-electron chi connectivity index (χ3n) is 5.42. The number of nitriles is 1. The standard InChI is InChI=1S/C21H21N5O3S2/c1-28-15-8-7-11(9-16(15)29-2)17-12(10-22)19(23)26(20-24-25-21(30-3)31-20)13-5-4-6-14(27)18(13)17/h7-9,17H,4-6,23H2,1-3H3. The van der Waals surface area contributed by atoms with Gasteiger partial charge in [0.05, 0.1) is 31.8 Å². The fourth-order valence-electron chi connectivity index (χ4n) is 4.05. The summed E-state index contributed by atoms with van der Waals surface area (Å²) in [5.41, 5.74) is 8.97. The van der Waals surface area contributed by atoms with Crippen molar-refractivity contribution in [2.45, 2.75) is 29.5 Å². The normalized spacial score (nSPS) is 18.7. The first kappa shape index (κ1) is 21.2. The minimum Gasteiger partial charge on any atom is -0.493 e. The van der Waals surface area contributed by atoms with Gasteiger partial charge in [0.15, 0.2) is 21.6 Å². The number of ether oxygens (including phenoxy) is 2. The summed E-state index contributed by atoms with van der Waals surface area (Å²) >= 11 is 2.87. The first-order chi connectivity index (χ1) is 15.0. The molecule has 2 aliphatic rings. The number of nitrogens with zero attached hydrogens (tertiary/aromatic N) is 4. The van der Waals surface area contributed by atoms with Gasteiger partial charge in [-0.2, -0.15) is 5.26 Å². The topological polar surface area (TPSA) is 114 Å². The maximum Gasteiger partial charge on any atom is 0.219 e. The molecule has 10 heteroatoms. The smallest absolute Gasteiger partial charge is 0.219 e. The van der Waals surface area contributed by atoms with Crippen LogP contribution in [-0.2, 0) is 4.79 Å². The number of hydrogen-bond acceptors (Lipinski definition) is 10. The number of Topliss-reactive ketones (excluding diaryl/α,β-unsaturated/α-hetero) is 1. The van der Waals surface area contributed by atoms with Crippen LogP contribution in [0.1, 0.15) is 30.7 Å². The Kier molecular flexibility index (Phi) is 5.89. The molecule has 1 aliphatic heterocycles. The number of hydrogen-bond donors (Lipinski definition) is 1. The van der Waals surface area contributed by atoms with Crippen molar-refractivity contribution in [3.63, 3.8) is 0 Å². The third-order valence-corrected chi connectivity index (χ3v) is 7.30. The average molecular weight is 456 g/mol. The van der Waals surface area contributed by atoms with E-state index < -0.39 is 5.92 Å². The summed E-state index contributed by atoms with van der Waals surface area (Å²) in [6.45, 7) is 0. The Hall–Kier alpha value is -3.03. The molecule has 0 saturated carbocycles. The lowest BCUT2D eigenvalue weighted by atomic mass is 9.75. The van der Waals surface area contributed by atoms with Crippen LogP contribution in [0.3, 0.4) is 0 Å². The monoisotopic (exact) mass is 455 g/mol. The van der Waals surface area contributed by atoms with Gasteiger partial charge in [-0.1, -0.05) is 29.2 Å². The fourth-order valence-corrected chi connectivity index (χ4v) is 5.34. The van der Waals surface area contributed by atoms with Crippen LogP contribution in [0.5, 0.6) is 11.5 Å². The molecule has 1 aliphatic carbocycles. The Balaban J connectivity index is 1.93. The number of rotatable bonds is 5. The zero-order chi connectivity index (χ0) is 22.1. The molecule has 2 aromatic rings. The van der Waals surface area contributed by atoms with Crippen molar-refractivity contribution in [2.75, 3.05) is 25.4 Å². The Labute approximate surface area is 188 Å². The first-order valence-electron chi connectivity index (χ1n) is 9.59. The maximum absolute atomic E-state index is 13.1.